The molecule has 0 amide bonds. The molecule has 0 atom stereocenters. The summed E-state index contributed by atoms with van der Waals surface area (Å²) in [5.41, 5.74) is 4.95. The van der Waals surface area contributed by atoms with Crippen molar-refractivity contribution in [2.45, 2.75) is 25.7 Å². The number of aryl methyl sites for hydroxylation is 1. The van der Waals surface area contributed by atoms with Crippen molar-refractivity contribution in [1.29, 1.82) is 0 Å². The largest absolute Gasteiger partial charge is 0.497 e. The minimum absolute atomic E-state index is 0.886. The molecule has 1 heterocycles. The summed E-state index contributed by atoms with van der Waals surface area (Å²) in [6, 6.07) is 6.09. The SMILES string of the molecule is CNc1c2c(nc3ccc(OC)cc13)CCCC2. The molecule has 0 bridgehead atoms. The molecule has 1 N–H and O–H groups in total. The van der Waals surface area contributed by atoms with Crippen molar-refractivity contribution in [3.05, 3.63) is 29.5 Å². The fourth-order valence-electron chi connectivity index (χ4n) is 2.82. The lowest BCUT2D eigenvalue weighted by Crippen LogP contribution is -2.09. The van der Waals surface area contributed by atoms with Crippen LogP contribution in [0, 0.1) is 0 Å². The lowest BCUT2D eigenvalue weighted by molar-refractivity contribution is 0.415. The molecule has 0 spiro atoms. The molecule has 3 rings (SSSR count). The summed E-state index contributed by atoms with van der Waals surface area (Å²) in [5.74, 6) is 0.886. The summed E-state index contributed by atoms with van der Waals surface area (Å²) < 4.78 is 5.31. The Labute approximate surface area is 107 Å². The Morgan fingerprint density at radius 1 is 1.22 bits per heavy atom. The predicted molar refractivity (Wildman–Crippen MR) is 74.5 cm³/mol. The van der Waals surface area contributed by atoms with E-state index in [1.807, 2.05) is 19.2 Å². The summed E-state index contributed by atoms with van der Waals surface area (Å²) in [6.07, 6.45) is 4.75. The van der Waals surface area contributed by atoms with Crippen LogP contribution < -0.4 is 10.1 Å². The maximum atomic E-state index is 5.31. The fourth-order valence-corrected chi connectivity index (χ4v) is 2.82. The van der Waals surface area contributed by atoms with Crippen LogP contribution in [0.2, 0.25) is 0 Å². The third-order valence-corrected chi connectivity index (χ3v) is 3.72. The van der Waals surface area contributed by atoms with Crippen LogP contribution in [-0.4, -0.2) is 19.1 Å². The van der Waals surface area contributed by atoms with Crippen LogP contribution in [0.3, 0.4) is 0 Å². The number of fused-ring (bicyclic) bond motifs is 2. The van der Waals surface area contributed by atoms with E-state index in [1.54, 1.807) is 7.11 Å². The van der Waals surface area contributed by atoms with Crippen molar-refractivity contribution in [2.24, 2.45) is 0 Å². The number of aromatic nitrogens is 1. The molecule has 1 aliphatic rings. The molecule has 0 saturated carbocycles. The summed E-state index contributed by atoms with van der Waals surface area (Å²) in [5, 5.41) is 4.52. The van der Waals surface area contributed by atoms with Crippen LogP contribution in [0.4, 0.5) is 5.69 Å². The Balaban J connectivity index is 2.30. The van der Waals surface area contributed by atoms with E-state index in [2.05, 4.69) is 11.4 Å². The van der Waals surface area contributed by atoms with E-state index in [4.69, 9.17) is 9.72 Å². The third-order valence-electron chi connectivity index (χ3n) is 3.72. The second-order valence-corrected chi connectivity index (χ2v) is 4.75. The number of ether oxygens (including phenoxy) is 1. The van der Waals surface area contributed by atoms with Crippen LogP contribution in [0.25, 0.3) is 10.9 Å². The number of methoxy groups -OCH3 is 1. The average Bonchev–Trinajstić information content (AvgIpc) is 2.44. The highest BCUT2D eigenvalue weighted by Crippen LogP contribution is 2.34. The van der Waals surface area contributed by atoms with Crippen LogP contribution in [0.5, 0.6) is 5.75 Å². The molecular weight excluding hydrogens is 224 g/mol. The molecule has 94 valence electrons. The Bertz CT molecular complexity index is 593. The summed E-state index contributed by atoms with van der Waals surface area (Å²) >= 11 is 0. The molecular formula is C15H18N2O. The normalized spacial score (nSPS) is 14.3. The van der Waals surface area contributed by atoms with Gasteiger partial charge in [0.25, 0.3) is 0 Å². The van der Waals surface area contributed by atoms with Crippen LogP contribution in [0.15, 0.2) is 18.2 Å². The van der Waals surface area contributed by atoms with Crippen molar-refractivity contribution in [2.75, 3.05) is 19.5 Å². The molecule has 3 heteroatoms. The fraction of sp³-hybridized carbons (Fsp3) is 0.400. The van der Waals surface area contributed by atoms with E-state index < -0.39 is 0 Å². The number of anilines is 1. The van der Waals surface area contributed by atoms with E-state index in [0.717, 1.165) is 29.5 Å². The quantitative estimate of drug-likeness (QED) is 0.878. The van der Waals surface area contributed by atoms with Gasteiger partial charge in [0.1, 0.15) is 5.75 Å². The van der Waals surface area contributed by atoms with Crippen molar-refractivity contribution >= 4 is 16.6 Å². The van der Waals surface area contributed by atoms with Gasteiger partial charge in [-0.3, -0.25) is 4.98 Å². The van der Waals surface area contributed by atoms with Gasteiger partial charge in [-0.1, -0.05) is 0 Å². The first-order valence-electron chi connectivity index (χ1n) is 6.50. The summed E-state index contributed by atoms with van der Waals surface area (Å²) in [4.78, 5) is 4.80. The van der Waals surface area contributed by atoms with E-state index >= 15 is 0 Å². The number of nitrogens with zero attached hydrogens (tertiary/aromatic N) is 1. The predicted octanol–water partition coefficient (Wildman–Crippen LogP) is 3.16. The average molecular weight is 242 g/mol. The van der Waals surface area contributed by atoms with Gasteiger partial charge in [-0.25, -0.2) is 0 Å². The first-order valence-corrected chi connectivity index (χ1v) is 6.50. The molecule has 3 nitrogen and oxygen atoms in total. The summed E-state index contributed by atoms with van der Waals surface area (Å²) in [7, 11) is 3.69. The molecule has 1 aromatic heterocycles. The van der Waals surface area contributed by atoms with Crippen LogP contribution >= 0.6 is 0 Å². The topological polar surface area (TPSA) is 34.2 Å². The number of hydrogen-bond acceptors (Lipinski definition) is 3. The maximum absolute atomic E-state index is 5.31. The standard InChI is InChI=1S/C15H18N2O/c1-16-15-11-5-3-4-6-13(11)17-14-8-7-10(18-2)9-12(14)15/h7-9H,3-6H2,1-2H3,(H,16,17). The molecule has 2 aromatic rings. The Morgan fingerprint density at radius 3 is 2.83 bits per heavy atom. The molecule has 0 saturated heterocycles. The first kappa shape index (κ1) is 11.3. The van der Waals surface area contributed by atoms with E-state index in [0.29, 0.717) is 0 Å². The molecule has 0 aliphatic heterocycles. The van der Waals surface area contributed by atoms with Crippen molar-refractivity contribution < 1.29 is 4.74 Å². The lowest BCUT2D eigenvalue weighted by Gasteiger charge is -2.20. The van der Waals surface area contributed by atoms with Gasteiger partial charge in [-0.15, -0.1) is 0 Å². The second-order valence-electron chi connectivity index (χ2n) is 4.75. The molecule has 1 aromatic carbocycles. The zero-order chi connectivity index (χ0) is 12.5. The molecule has 0 unspecified atom stereocenters. The third kappa shape index (κ3) is 1.70. The molecule has 0 fully saturated rings. The second kappa shape index (κ2) is 4.48. The maximum Gasteiger partial charge on any atom is 0.119 e. The van der Waals surface area contributed by atoms with Gasteiger partial charge in [0.15, 0.2) is 0 Å². The number of benzene rings is 1. The van der Waals surface area contributed by atoms with Crippen LogP contribution in [-0.2, 0) is 12.8 Å². The molecule has 1 aliphatic carbocycles. The Kier molecular flexibility index (Phi) is 2.82. The minimum atomic E-state index is 0.886. The lowest BCUT2D eigenvalue weighted by atomic mass is 9.92. The van der Waals surface area contributed by atoms with Gasteiger partial charge >= 0.3 is 0 Å². The highest BCUT2D eigenvalue weighted by atomic mass is 16.5. The van der Waals surface area contributed by atoms with Gasteiger partial charge in [-0.05, 0) is 49.4 Å². The van der Waals surface area contributed by atoms with E-state index in [-0.39, 0.29) is 0 Å². The molecule has 0 radical (unpaired) electrons. The highest BCUT2D eigenvalue weighted by Gasteiger charge is 2.17. The number of hydrogen-bond donors (Lipinski definition) is 1. The van der Waals surface area contributed by atoms with Gasteiger partial charge in [0.2, 0.25) is 0 Å². The zero-order valence-corrected chi connectivity index (χ0v) is 10.9. The number of nitrogens with one attached hydrogen (secondary N) is 1. The van der Waals surface area contributed by atoms with Gasteiger partial charge in [-0.2, -0.15) is 0 Å². The smallest absolute Gasteiger partial charge is 0.119 e. The van der Waals surface area contributed by atoms with Gasteiger partial charge in [0, 0.05) is 23.8 Å². The monoisotopic (exact) mass is 242 g/mol. The zero-order valence-electron chi connectivity index (χ0n) is 10.9. The first-order chi connectivity index (χ1) is 8.83. The van der Waals surface area contributed by atoms with Gasteiger partial charge in [0.05, 0.1) is 12.6 Å². The summed E-state index contributed by atoms with van der Waals surface area (Å²) in [6.45, 7) is 0. The van der Waals surface area contributed by atoms with E-state index in [1.165, 1.54) is 29.8 Å². The van der Waals surface area contributed by atoms with E-state index in [9.17, 15) is 0 Å². The van der Waals surface area contributed by atoms with Crippen molar-refractivity contribution in [3.63, 3.8) is 0 Å². The van der Waals surface area contributed by atoms with Crippen LogP contribution in [0.1, 0.15) is 24.1 Å². The minimum Gasteiger partial charge on any atom is -0.497 e. The van der Waals surface area contributed by atoms with Crippen molar-refractivity contribution in [3.8, 4) is 5.75 Å². The van der Waals surface area contributed by atoms with Crippen molar-refractivity contribution in [1.82, 2.24) is 4.98 Å². The number of rotatable bonds is 2. The molecule has 18 heavy (non-hydrogen) atoms. The number of pyridine rings is 1. The Hall–Kier alpha value is -1.77. The highest BCUT2D eigenvalue weighted by molar-refractivity contribution is 5.94. The van der Waals surface area contributed by atoms with Gasteiger partial charge < -0.3 is 10.1 Å². The Morgan fingerprint density at radius 2 is 2.06 bits per heavy atom.